The summed E-state index contributed by atoms with van der Waals surface area (Å²) in [5.74, 6) is -1.70. The number of hydrogen-bond donors (Lipinski definition) is 2. The molecule has 0 aromatic heterocycles. The first-order valence-electron chi connectivity index (χ1n) is 11.4. The molecule has 0 aliphatic carbocycles. The quantitative estimate of drug-likeness (QED) is 0.389. The van der Waals surface area contributed by atoms with Gasteiger partial charge < -0.3 is 24.8 Å². The van der Waals surface area contributed by atoms with Crippen LogP contribution >= 0.6 is 11.8 Å². The van der Waals surface area contributed by atoms with E-state index in [9.17, 15) is 19.2 Å². The molecule has 35 heavy (non-hydrogen) atoms. The topological polar surface area (TPSA) is 120 Å². The highest BCUT2D eigenvalue weighted by molar-refractivity contribution is 8.14. The van der Waals surface area contributed by atoms with Gasteiger partial charge in [0.2, 0.25) is 16.9 Å². The predicted molar refractivity (Wildman–Crippen MR) is 135 cm³/mol. The molecule has 0 saturated carbocycles. The maximum Gasteiger partial charge on any atom is 0.331 e. The minimum atomic E-state index is -1.38. The second-order valence-electron chi connectivity index (χ2n) is 9.56. The number of nitrogens with one attached hydrogen (secondary N) is 2. The van der Waals surface area contributed by atoms with Crippen molar-refractivity contribution in [3.05, 3.63) is 35.9 Å². The molecule has 0 fully saturated rings. The van der Waals surface area contributed by atoms with Crippen LogP contribution in [0.1, 0.15) is 47.1 Å². The zero-order chi connectivity index (χ0) is 26.6. The number of thioether (sulfide) groups is 1. The van der Waals surface area contributed by atoms with Gasteiger partial charge in [0, 0.05) is 7.11 Å². The largest absolute Gasteiger partial charge is 0.464 e. The lowest BCUT2D eigenvalue weighted by Gasteiger charge is -2.33. The molecular formula is C25H38N2O7S. The molecule has 2 amide bonds. The highest BCUT2D eigenvalue weighted by Gasteiger charge is 2.39. The minimum Gasteiger partial charge on any atom is -0.464 e. The normalized spacial score (nSPS) is 13.5. The van der Waals surface area contributed by atoms with E-state index in [0.29, 0.717) is 0 Å². The van der Waals surface area contributed by atoms with Crippen LogP contribution in [0.25, 0.3) is 0 Å². The lowest BCUT2D eigenvalue weighted by atomic mass is 9.90. The number of benzene rings is 1. The van der Waals surface area contributed by atoms with Gasteiger partial charge in [0.25, 0.3) is 0 Å². The van der Waals surface area contributed by atoms with Crippen LogP contribution in [0.4, 0.5) is 0 Å². The van der Waals surface area contributed by atoms with E-state index in [1.54, 1.807) is 6.92 Å². The van der Waals surface area contributed by atoms with Crippen LogP contribution in [0.2, 0.25) is 0 Å². The molecule has 1 unspecified atom stereocenters. The van der Waals surface area contributed by atoms with Crippen molar-refractivity contribution < 1.29 is 33.4 Å². The summed E-state index contributed by atoms with van der Waals surface area (Å²) < 4.78 is 15.6. The van der Waals surface area contributed by atoms with E-state index in [-0.39, 0.29) is 31.5 Å². The Balaban J connectivity index is 2.88. The fraction of sp³-hybridized carbons (Fsp3) is 0.600. The van der Waals surface area contributed by atoms with Crippen molar-refractivity contribution in [2.45, 2.75) is 65.0 Å². The maximum absolute atomic E-state index is 13.1. The average Bonchev–Trinajstić information content (AvgIpc) is 2.76. The Kier molecular flexibility index (Phi) is 12.4. The first-order valence-corrected chi connectivity index (χ1v) is 12.3. The van der Waals surface area contributed by atoms with Crippen LogP contribution in [0, 0.1) is 5.41 Å². The highest BCUT2D eigenvalue weighted by atomic mass is 32.2. The Morgan fingerprint density at radius 2 is 1.66 bits per heavy atom. The van der Waals surface area contributed by atoms with E-state index in [1.807, 2.05) is 51.1 Å². The van der Waals surface area contributed by atoms with Crippen molar-refractivity contribution in [2.75, 3.05) is 26.9 Å². The maximum atomic E-state index is 13.1. The standard InChI is InChI=1S/C25H38N2O7S/c1-8-34-22(30)18(15-33-14-17-12-10-9-11-13-17)26-23(31)25(5,6)27-21(29)20(24(2,3)4)35-19(28)16-32-7/h9-13,18,20H,8,14-16H2,1-7H3,(H,26,31)(H,27,29)/t18?,20-/m1/s1. The van der Waals surface area contributed by atoms with Crippen molar-refractivity contribution in [2.24, 2.45) is 5.41 Å². The van der Waals surface area contributed by atoms with Crippen LogP contribution < -0.4 is 10.6 Å². The molecule has 2 N–H and O–H groups in total. The molecule has 1 aromatic carbocycles. The third-order valence-corrected chi connectivity index (χ3v) is 6.35. The number of hydrogen-bond acceptors (Lipinski definition) is 8. The number of ether oxygens (including phenoxy) is 3. The van der Waals surface area contributed by atoms with E-state index >= 15 is 0 Å². The summed E-state index contributed by atoms with van der Waals surface area (Å²) in [6.07, 6.45) is 0. The molecule has 1 rings (SSSR count). The van der Waals surface area contributed by atoms with Crippen molar-refractivity contribution in [3.8, 4) is 0 Å². The number of methoxy groups -OCH3 is 1. The smallest absolute Gasteiger partial charge is 0.331 e. The molecule has 0 saturated heterocycles. The molecule has 9 nitrogen and oxygen atoms in total. The molecule has 0 heterocycles. The summed E-state index contributed by atoms with van der Waals surface area (Å²) in [4.78, 5) is 50.7. The predicted octanol–water partition coefficient (Wildman–Crippen LogP) is 2.47. The summed E-state index contributed by atoms with van der Waals surface area (Å²) in [5, 5.41) is 4.29. The van der Waals surface area contributed by atoms with Gasteiger partial charge in [0.15, 0.2) is 6.04 Å². The van der Waals surface area contributed by atoms with Crippen LogP contribution in [0.3, 0.4) is 0 Å². The second kappa shape index (κ2) is 14.2. The first kappa shape index (κ1) is 30.6. The SMILES string of the molecule is CCOC(=O)C(COCc1ccccc1)NC(=O)C(C)(C)NC(=O)[C@@H](SC(=O)COC)C(C)(C)C. The summed E-state index contributed by atoms with van der Waals surface area (Å²) in [6.45, 7) is 10.4. The van der Waals surface area contributed by atoms with E-state index < -0.39 is 40.0 Å². The fourth-order valence-corrected chi connectivity index (χ4v) is 3.92. The van der Waals surface area contributed by atoms with E-state index in [0.717, 1.165) is 17.3 Å². The highest BCUT2D eigenvalue weighted by Crippen LogP contribution is 2.31. The third-order valence-electron chi connectivity index (χ3n) is 4.81. The van der Waals surface area contributed by atoms with Gasteiger partial charge in [-0.25, -0.2) is 4.79 Å². The Morgan fingerprint density at radius 1 is 1.03 bits per heavy atom. The second-order valence-corrected chi connectivity index (χ2v) is 10.7. The monoisotopic (exact) mass is 510 g/mol. The molecule has 0 aliphatic rings. The molecule has 10 heteroatoms. The van der Waals surface area contributed by atoms with Gasteiger partial charge in [0.1, 0.15) is 12.1 Å². The summed E-state index contributed by atoms with van der Waals surface area (Å²) >= 11 is 0.869. The van der Waals surface area contributed by atoms with Gasteiger partial charge in [-0.1, -0.05) is 62.9 Å². The Morgan fingerprint density at radius 3 is 2.20 bits per heavy atom. The summed E-state index contributed by atoms with van der Waals surface area (Å²) in [5.41, 5.74) is -1.03. The molecule has 0 radical (unpaired) electrons. The Hall–Kier alpha value is -2.43. The zero-order valence-electron chi connectivity index (χ0n) is 21.6. The van der Waals surface area contributed by atoms with E-state index in [4.69, 9.17) is 14.2 Å². The Labute approximate surface area is 212 Å². The molecule has 1 aromatic rings. The van der Waals surface area contributed by atoms with Gasteiger partial charge in [-0.05, 0) is 31.7 Å². The minimum absolute atomic E-state index is 0.102. The van der Waals surface area contributed by atoms with Gasteiger partial charge >= 0.3 is 5.97 Å². The van der Waals surface area contributed by atoms with Crippen LogP contribution in [0.15, 0.2) is 30.3 Å². The lowest BCUT2D eigenvalue weighted by Crippen LogP contribution is -2.60. The van der Waals surface area contributed by atoms with E-state index in [1.165, 1.54) is 21.0 Å². The van der Waals surface area contributed by atoms with Crippen LogP contribution in [-0.4, -0.2) is 66.7 Å². The molecular weight excluding hydrogens is 472 g/mol. The number of carbonyl (C=O) groups excluding carboxylic acids is 4. The first-order chi connectivity index (χ1) is 16.3. The molecule has 0 spiro atoms. The number of esters is 1. The van der Waals surface area contributed by atoms with Gasteiger partial charge in [-0.3, -0.25) is 14.4 Å². The molecule has 0 aliphatic heterocycles. The van der Waals surface area contributed by atoms with Crippen LogP contribution in [0.5, 0.6) is 0 Å². The van der Waals surface area contributed by atoms with Gasteiger partial charge in [0.05, 0.1) is 25.1 Å². The van der Waals surface area contributed by atoms with Crippen LogP contribution in [-0.2, 0) is 40.0 Å². The number of rotatable bonds is 13. The van der Waals surface area contributed by atoms with Crippen molar-refractivity contribution in [1.29, 1.82) is 0 Å². The van der Waals surface area contributed by atoms with Crippen molar-refractivity contribution in [1.82, 2.24) is 10.6 Å². The average molecular weight is 511 g/mol. The van der Waals surface area contributed by atoms with Crippen molar-refractivity contribution in [3.63, 3.8) is 0 Å². The molecule has 0 bridgehead atoms. The number of carbonyl (C=O) groups is 4. The van der Waals surface area contributed by atoms with E-state index in [2.05, 4.69) is 10.6 Å². The molecule has 2 atom stereocenters. The van der Waals surface area contributed by atoms with Gasteiger partial charge in [-0.2, -0.15) is 0 Å². The van der Waals surface area contributed by atoms with Crippen molar-refractivity contribution >= 4 is 34.7 Å². The number of amides is 2. The Bertz CT molecular complexity index is 853. The summed E-state index contributed by atoms with van der Waals surface area (Å²) in [7, 11) is 1.40. The van der Waals surface area contributed by atoms with Gasteiger partial charge in [-0.15, -0.1) is 0 Å². The third kappa shape index (κ3) is 10.8. The zero-order valence-corrected chi connectivity index (χ0v) is 22.5. The summed E-state index contributed by atoms with van der Waals surface area (Å²) in [6, 6.07) is 8.35. The lowest BCUT2D eigenvalue weighted by molar-refractivity contribution is -0.150. The molecule has 196 valence electrons. The fourth-order valence-electron chi connectivity index (χ4n) is 2.96.